The summed E-state index contributed by atoms with van der Waals surface area (Å²) in [4.78, 5) is 30.8. The molecule has 1 atom stereocenters. The van der Waals surface area contributed by atoms with Gasteiger partial charge < -0.3 is 20.1 Å². The highest BCUT2D eigenvalue weighted by Gasteiger charge is 2.28. The Morgan fingerprint density at radius 2 is 1.87 bits per heavy atom. The van der Waals surface area contributed by atoms with E-state index in [9.17, 15) is 14.7 Å². The number of aromatic carboxylic acids is 1. The van der Waals surface area contributed by atoms with Gasteiger partial charge in [0.1, 0.15) is 17.1 Å². The summed E-state index contributed by atoms with van der Waals surface area (Å²) < 4.78 is 5.10. The SMILES string of the molecule is COc1ccc(C(=O)Nc2cnc(N3CC[C@@H](c4ccccc4)C3)c(C(=O)O)c2)cc1. The van der Waals surface area contributed by atoms with Crippen LogP contribution in [0.15, 0.2) is 66.9 Å². The summed E-state index contributed by atoms with van der Waals surface area (Å²) in [7, 11) is 1.55. The number of benzene rings is 2. The zero-order valence-corrected chi connectivity index (χ0v) is 17.1. The van der Waals surface area contributed by atoms with Crippen molar-refractivity contribution in [2.75, 3.05) is 30.4 Å². The van der Waals surface area contributed by atoms with E-state index in [4.69, 9.17) is 4.74 Å². The molecule has 7 heteroatoms. The van der Waals surface area contributed by atoms with Gasteiger partial charge in [-0.15, -0.1) is 0 Å². The van der Waals surface area contributed by atoms with Gasteiger partial charge in [0, 0.05) is 24.6 Å². The van der Waals surface area contributed by atoms with Crippen LogP contribution in [-0.2, 0) is 0 Å². The van der Waals surface area contributed by atoms with Crippen LogP contribution in [0.25, 0.3) is 0 Å². The van der Waals surface area contributed by atoms with Gasteiger partial charge in [-0.2, -0.15) is 0 Å². The third-order valence-electron chi connectivity index (χ3n) is 5.47. The number of carbonyl (C=O) groups is 2. The Morgan fingerprint density at radius 1 is 1.13 bits per heavy atom. The normalized spacial score (nSPS) is 15.5. The lowest BCUT2D eigenvalue weighted by Gasteiger charge is -2.20. The van der Waals surface area contributed by atoms with Gasteiger partial charge >= 0.3 is 5.97 Å². The molecule has 0 radical (unpaired) electrons. The van der Waals surface area contributed by atoms with Gasteiger partial charge in [0.15, 0.2) is 0 Å². The number of hydrogen-bond donors (Lipinski definition) is 2. The van der Waals surface area contributed by atoms with Crippen LogP contribution < -0.4 is 15.0 Å². The molecule has 7 nitrogen and oxygen atoms in total. The molecule has 2 aromatic carbocycles. The van der Waals surface area contributed by atoms with Crippen molar-refractivity contribution < 1.29 is 19.4 Å². The molecule has 1 amide bonds. The lowest BCUT2D eigenvalue weighted by Crippen LogP contribution is -2.23. The Bertz CT molecular complexity index is 1080. The van der Waals surface area contributed by atoms with E-state index in [0.29, 0.717) is 35.3 Å². The number of aromatic nitrogens is 1. The lowest BCUT2D eigenvalue weighted by molar-refractivity contribution is 0.0696. The average Bonchev–Trinajstić information content (AvgIpc) is 3.30. The second kappa shape index (κ2) is 8.87. The quantitative estimate of drug-likeness (QED) is 0.629. The number of anilines is 2. The first-order chi connectivity index (χ1) is 15.0. The number of ether oxygens (including phenoxy) is 1. The molecular formula is C24H23N3O4. The Balaban J connectivity index is 1.51. The van der Waals surface area contributed by atoms with Crippen LogP contribution in [0.3, 0.4) is 0 Å². The number of nitrogens with zero attached hydrogens (tertiary/aromatic N) is 2. The van der Waals surface area contributed by atoms with Crippen LogP contribution in [0.1, 0.15) is 38.6 Å². The van der Waals surface area contributed by atoms with E-state index in [1.54, 1.807) is 31.4 Å². The Hall–Kier alpha value is -3.87. The Labute approximate surface area is 180 Å². The van der Waals surface area contributed by atoms with Crippen LogP contribution in [0.4, 0.5) is 11.5 Å². The molecule has 1 fully saturated rings. The maximum Gasteiger partial charge on any atom is 0.339 e. The predicted molar refractivity (Wildman–Crippen MR) is 118 cm³/mol. The first kappa shape index (κ1) is 20.4. The largest absolute Gasteiger partial charge is 0.497 e. The molecule has 0 spiro atoms. The van der Waals surface area contributed by atoms with Crippen molar-refractivity contribution in [1.82, 2.24) is 4.98 Å². The molecule has 2 N–H and O–H groups in total. The molecule has 0 saturated carbocycles. The fourth-order valence-corrected chi connectivity index (χ4v) is 3.83. The molecule has 1 saturated heterocycles. The van der Waals surface area contributed by atoms with Gasteiger partial charge in [-0.1, -0.05) is 30.3 Å². The first-order valence-electron chi connectivity index (χ1n) is 10.0. The van der Waals surface area contributed by atoms with Crippen molar-refractivity contribution >= 4 is 23.4 Å². The smallest absolute Gasteiger partial charge is 0.339 e. The van der Waals surface area contributed by atoms with Crippen LogP contribution in [0, 0.1) is 0 Å². The Kier molecular flexibility index (Phi) is 5.84. The van der Waals surface area contributed by atoms with Crippen molar-refractivity contribution in [2.45, 2.75) is 12.3 Å². The lowest BCUT2D eigenvalue weighted by atomic mass is 9.99. The van der Waals surface area contributed by atoms with E-state index >= 15 is 0 Å². The second-order valence-electron chi connectivity index (χ2n) is 7.43. The van der Waals surface area contributed by atoms with Gasteiger partial charge in [-0.05, 0) is 42.3 Å². The summed E-state index contributed by atoms with van der Waals surface area (Å²) in [5.41, 5.74) is 2.08. The highest BCUT2D eigenvalue weighted by molar-refractivity contribution is 6.05. The van der Waals surface area contributed by atoms with Gasteiger partial charge in [0.2, 0.25) is 0 Å². The highest BCUT2D eigenvalue weighted by atomic mass is 16.5. The van der Waals surface area contributed by atoms with Gasteiger partial charge in [-0.3, -0.25) is 4.79 Å². The number of amides is 1. The number of pyridine rings is 1. The summed E-state index contributed by atoms with van der Waals surface area (Å²) in [5.74, 6) is -0.0207. The summed E-state index contributed by atoms with van der Waals surface area (Å²) in [6.45, 7) is 1.43. The maximum atomic E-state index is 12.5. The number of carboxylic acids is 1. The summed E-state index contributed by atoms with van der Waals surface area (Å²) >= 11 is 0. The molecular weight excluding hydrogens is 394 g/mol. The van der Waals surface area contributed by atoms with E-state index in [-0.39, 0.29) is 11.5 Å². The number of hydrogen-bond acceptors (Lipinski definition) is 5. The zero-order valence-electron chi connectivity index (χ0n) is 17.1. The van der Waals surface area contributed by atoms with Crippen LogP contribution >= 0.6 is 0 Å². The van der Waals surface area contributed by atoms with Crippen LogP contribution in [0.5, 0.6) is 5.75 Å². The topological polar surface area (TPSA) is 91.8 Å². The molecule has 4 rings (SSSR count). The van der Waals surface area contributed by atoms with E-state index in [0.717, 1.165) is 13.0 Å². The molecule has 0 unspecified atom stereocenters. The van der Waals surface area contributed by atoms with Crippen molar-refractivity contribution in [3.8, 4) is 5.75 Å². The number of methoxy groups -OCH3 is 1. The molecule has 3 aromatic rings. The van der Waals surface area contributed by atoms with Crippen molar-refractivity contribution in [2.24, 2.45) is 0 Å². The number of rotatable bonds is 6. The molecule has 1 aromatic heterocycles. The minimum atomic E-state index is -1.08. The maximum absolute atomic E-state index is 12.5. The highest BCUT2D eigenvalue weighted by Crippen LogP contribution is 2.32. The molecule has 158 valence electrons. The third-order valence-corrected chi connectivity index (χ3v) is 5.47. The minimum Gasteiger partial charge on any atom is -0.497 e. The summed E-state index contributed by atoms with van der Waals surface area (Å²) in [5, 5.41) is 12.5. The van der Waals surface area contributed by atoms with Crippen LogP contribution in [0.2, 0.25) is 0 Å². The molecule has 1 aliphatic rings. The van der Waals surface area contributed by atoms with E-state index < -0.39 is 5.97 Å². The van der Waals surface area contributed by atoms with E-state index in [1.807, 2.05) is 23.1 Å². The molecule has 1 aliphatic heterocycles. The van der Waals surface area contributed by atoms with Gasteiger partial charge in [0.05, 0.1) is 19.0 Å². The van der Waals surface area contributed by atoms with Gasteiger partial charge in [0.25, 0.3) is 5.91 Å². The number of carboxylic acid groups (broad SMARTS) is 1. The molecule has 0 aliphatic carbocycles. The van der Waals surface area contributed by atoms with Crippen LogP contribution in [-0.4, -0.2) is 42.2 Å². The zero-order chi connectivity index (χ0) is 21.8. The monoisotopic (exact) mass is 417 g/mol. The Morgan fingerprint density at radius 3 is 2.55 bits per heavy atom. The molecule has 2 heterocycles. The second-order valence-corrected chi connectivity index (χ2v) is 7.43. The molecule has 31 heavy (non-hydrogen) atoms. The van der Waals surface area contributed by atoms with Gasteiger partial charge in [-0.25, -0.2) is 9.78 Å². The first-order valence-corrected chi connectivity index (χ1v) is 10.0. The average molecular weight is 417 g/mol. The molecule has 0 bridgehead atoms. The number of carbonyl (C=O) groups excluding carboxylic acids is 1. The third kappa shape index (κ3) is 4.50. The summed E-state index contributed by atoms with van der Waals surface area (Å²) in [6.07, 6.45) is 2.43. The summed E-state index contributed by atoms with van der Waals surface area (Å²) in [6, 6.07) is 18.3. The van der Waals surface area contributed by atoms with Crippen molar-refractivity contribution in [3.05, 3.63) is 83.6 Å². The van der Waals surface area contributed by atoms with Crippen molar-refractivity contribution in [3.63, 3.8) is 0 Å². The predicted octanol–water partition coefficient (Wildman–Crippen LogP) is 4.03. The standard InChI is InChI=1S/C24H23N3O4/c1-31-20-9-7-17(8-10-20)23(28)26-19-13-21(24(29)30)22(25-14-19)27-12-11-18(15-27)16-5-3-2-4-6-16/h2-10,13-14,18H,11-12,15H2,1H3,(H,26,28)(H,29,30)/t18-/m1/s1. The van der Waals surface area contributed by atoms with Crippen molar-refractivity contribution in [1.29, 1.82) is 0 Å². The van der Waals surface area contributed by atoms with E-state index in [2.05, 4.69) is 22.4 Å². The fourth-order valence-electron chi connectivity index (χ4n) is 3.83. The minimum absolute atomic E-state index is 0.0706. The van der Waals surface area contributed by atoms with E-state index in [1.165, 1.54) is 17.8 Å². The number of nitrogens with one attached hydrogen (secondary N) is 1. The fraction of sp³-hybridized carbons (Fsp3) is 0.208.